The summed E-state index contributed by atoms with van der Waals surface area (Å²) in [6.07, 6.45) is 8.14. The second kappa shape index (κ2) is 7.67. The van der Waals surface area contributed by atoms with Crippen molar-refractivity contribution in [2.24, 2.45) is 5.92 Å². The molecule has 1 aliphatic heterocycles. The van der Waals surface area contributed by atoms with E-state index >= 15 is 0 Å². The lowest BCUT2D eigenvalue weighted by molar-refractivity contribution is 0.399. The largest absolute Gasteiger partial charge is 0.432 e. The molecule has 0 spiro atoms. The standard InChI is InChI=1S/C16H29N3O/c1-4-7-15-8-5-6-9-19(15)16-18-14(12-20-16)11-17-10-13(2)3/h12-13,15,17H,4-11H2,1-3H3. The van der Waals surface area contributed by atoms with Crippen LogP contribution in [0.4, 0.5) is 6.01 Å². The highest BCUT2D eigenvalue weighted by molar-refractivity contribution is 5.30. The van der Waals surface area contributed by atoms with Gasteiger partial charge in [0.05, 0.1) is 5.69 Å². The Bertz CT molecular complexity index is 387. The van der Waals surface area contributed by atoms with Crippen molar-refractivity contribution in [1.82, 2.24) is 10.3 Å². The van der Waals surface area contributed by atoms with E-state index in [-0.39, 0.29) is 0 Å². The van der Waals surface area contributed by atoms with Crippen LogP contribution in [-0.2, 0) is 6.54 Å². The first-order valence-corrected chi connectivity index (χ1v) is 8.12. The number of aromatic nitrogens is 1. The molecule has 1 saturated heterocycles. The van der Waals surface area contributed by atoms with E-state index < -0.39 is 0 Å². The van der Waals surface area contributed by atoms with Crippen LogP contribution in [0.3, 0.4) is 0 Å². The van der Waals surface area contributed by atoms with Crippen molar-refractivity contribution < 1.29 is 4.42 Å². The topological polar surface area (TPSA) is 41.3 Å². The molecule has 2 rings (SSSR count). The van der Waals surface area contributed by atoms with Gasteiger partial charge < -0.3 is 14.6 Å². The summed E-state index contributed by atoms with van der Waals surface area (Å²) in [6, 6.07) is 1.44. The summed E-state index contributed by atoms with van der Waals surface area (Å²) >= 11 is 0. The van der Waals surface area contributed by atoms with Crippen LogP contribution in [0.2, 0.25) is 0 Å². The fraction of sp³-hybridized carbons (Fsp3) is 0.812. The predicted molar refractivity (Wildman–Crippen MR) is 82.9 cm³/mol. The summed E-state index contributed by atoms with van der Waals surface area (Å²) in [4.78, 5) is 7.03. The van der Waals surface area contributed by atoms with E-state index in [1.54, 1.807) is 6.26 Å². The SMILES string of the molecule is CCCC1CCCCN1c1nc(CNCC(C)C)co1. The van der Waals surface area contributed by atoms with Gasteiger partial charge in [-0.2, -0.15) is 4.98 Å². The maximum atomic E-state index is 5.71. The zero-order valence-electron chi connectivity index (χ0n) is 13.2. The zero-order chi connectivity index (χ0) is 14.4. The fourth-order valence-electron chi connectivity index (χ4n) is 2.88. The Hall–Kier alpha value is -1.03. The number of piperidine rings is 1. The molecule has 1 fully saturated rings. The Morgan fingerprint density at radius 2 is 2.30 bits per heavy atom. The van der Waals surface area contributed by atoms with Gasteiger partial charge in [0.2, 0.25) is 0 Å². The number of anilines is 1. The first-order chi connectivity index (χ1) is 9.70. The van der Waals surface area contributed by atoms with Crippen LogP contribution in [0.15, 0.2) is 10.7 Å². The van der Waals surface area contributed by atoms with Crippen molar-refractivity contribution in [2.75, 3.05) is 18.0 Å². The molecule has 0 radical (unpaired) electrons. The lowest BCUT2D eigenvalue weighted by atomic mass is 9.99. The van der Waals surface area contributed by atoms with Gasteiger partial charge in [-0.05, 0) is 38.1 Å². The first kappa shape index (κ1) is 15.4. The number of hydrogen-bond acceptors (Lipinski definition) is 4. The molecular weight excluding hydrogens is 250 g/mol. The van der Waals surface area contributed by atoms with Gasteiger partial charge in [-0.1, -0.05) is 27.2 Å². The Kier molecular flexibility index (Phi) is 5.89. The summed E-state index contributed by atoms with van der Waals surface area (Å²) in [6.45, 7) is 9.58. The Morgan fingerprint density at radius 1 is 1.45 bits per heavy atom. The van der Waals surface area contributed by atoms with Crippen LogP contribution in [0.5, 0.6) is 0 Å². The summed E-state index contributed by atoms with van der Waals surface area (Å²) in [5.74, 6) is 0.664. The Labute approximate surface area is 122 Å². The molecule has 1 aliphatic rings. The molecule has 114 valence electrons. The van der Waals surface area contributed by atoms with E-state index in [9.17, 15) is 0 Å². The number of nitrogens with one attached hydrogen (secondary N) is 1. The van der Waals surface area contributed by atoms with Crippen molar-refractivity contribution in [3.8, 4) is 0 Å². The van der Waals surface area contributed by atoms with E-state index in [0.29, 0.717) is 12.0 Å². The van der Waals surface area contributed by atoms with E-state index in [1.165, 1.54) is 32.1 Å². The lowest BCUT2D eigenvalue weighted by Gasteiger charge is -2.34. The van der Waals surface area contributed by atoms with Gasteiger partial charge in [0.25, 0.3) is 6.01 Å². The number of hydrogen-bond donors (Lipinski definition) is 1. The monoisotopic (exact) mass is 279 g/mol. The summed E-state index contributed by atoms with van der Waals surface area (Å²) < 4.78 is 5.71. The molecule has 1 unspecified atom stereocenters. The molecule has 4 heteroatoms. The van der Waals surface area contributed by atoms with E-state index in [4.69, 9.17) is 4.42 Å². The molecule has 0 aliphatic carbocycles. The summed E-state index contributed by atoms with van der Waals surface area (Å²) in [5, 5.41) is 3.41. The van der Waals surface area contributed by atoms with Crippen molar-refractivity contribution in [3.63, 3.8) is 0 Å². The highest BCUT2D eigenvalue weighted by Crippen LogP contribution is 2.26. The Morgan fingerprint density at radius 3 is 3.05 bits per heavy atom. The van der Waals surface area contributed by atoms with E-state index in [0.717, 1.165) is 31.3 Å². The van der Waals surface area contributed by atoms with E-state index in [1.807, 2.05) is 0 Å². The van der Waals surface area contributed by atoms with E-state index in [2.05, 4.69) is 36.0 Å². The van der Waals surface area contributed by atoms with Crippen molar-refractivity contribution in [2.45, 2.75) is 65.5 Å². The molecule has 1 aromatic heterocycles. The minimum atomic E-state index is 0.615. The first-order valence-electron chi connectivity index (χ1n) is 8.12. The second-order valence-electron chi connectivity index (χ2n) is 6.28. The van der Waals surface area contributed by atoms with Crippen LogP contribution >= 0.6 is 0 Å². The van der Waals surface area contributed by atoms with Crippen LogP contribution in [-0.4, -0.2) is 24.1 Å². The maximum Gasteiger partial charge on any atom is 0.297 e. The van der Waals surface area contributed by atoms with Crippen LogP contribution in [0.25, 0.3) is 0 Å². The van der Waals surface area contributed by atoms with Gasteiger partial charge >= 0.3 is 0 Å². The quantitative estimate of drug-likeness (QED) is 0.828. The minimum absolute atomic E-state index is 0.615. The van der Waals surface area contributed by atoms with Crippen LogP contribution in [0, 0.1) is 5.92 Å². The third-order valence-corrected chi connectivity index (χ3v) is 3.89. The van der Waals surface area contributed by atoms with Crippen molar-refractivity contribution in [1.29, 1.82) is 0 Å². The van der Waals surface area contributed by atoms with Crippen molar-refractivity contribution in [3.05, 3.63) is 12.0 Å². The normalized spacial score (nSPS) is 19.8. The zero-order valence-corrected chi connectivity index (χ0v) is 13.2. The number of oxazole rings is 1. The molecule has 20 heavy (non-hydrogen) atoms. The predicted octanol–water partition coefficient (Wildman–Crippen LogP) is 3.58. The molecule has 0 amide bonds. The van der Waals surface area contributed by atoms with Crippen LogP contribution in [0.1, 0.15) is 58.6 Å². The highest BCUT2D eigenvalue weighted by atomic mass is 16.4. The van der Waals surface area contributed by atoms with Gasteiger partial charge in [-0.25, -0.2) is 0 Å². The van der Waals surface area contributed by atoms with Gasteiger partial charge in [-0.15, -0.1) is 0 Å². The van der Waals surface area contributed by atoms with Gasteiger partial charge in [-0.3, -0.25) is 0 Å². The van der Waals surface area contributed by atoms with Gasteiger partial charge in [0, 0.05) is 19.1 Å². The van der Waals surface area contributed by atoms with Crippen LogP contribution < -0.4 is 10.2 Å². The fourth-order valence-corrected chi connectivity index (χ4v) is 2.88. The molecule has 2 heterocycles. The van der Waals surface area contributed by atoms with Crippen molar-refractivity contribution >= 4 is 6.01 Å². The Balaban J connectivity index is 1.92. The summed E-state index contributed by atoms with van der Waals surface area (Å²) in [7, 11) is 0. The maximum absolute atomic E-state index is 5.71. The number of nitrogens with zero attached hydrogens (tertiary/aromatic N) is 2. The number of rotatable bonds is 7. The summed E-state index contributed by atoms with van der Waals surface area (Å²) in [5.41, 5.74) is 1.02. The molecule has 1 N–H and O–H groups in total. The minimum Gasteiger partial charge on any atom is -0.432 e. The molecular formula is C16H29N3O. The third kappa shape index (κ3) is 4.23. The second-order valence-corrected chi connectivity index (χ2v) is 6.28. The average Bonchev–Trinajstić information content (AvgIpc) is 2.88. The van der Waals surface area contributed by atoms with Gasteiger partial charge in [0.1, 0.15) is 6.26 Å². The molecule has 0 saturated carbocycles. The third-order valence-electron chi connectivity index (χ3n) is 3.89. The van der Waals surface area contributed by atoms with Gasteiger partial charge in [0.15, 0.2) is 0 Å². The molecule has 1 aromatic rings. The molecule has 1 atom stereocenters. The molecule has 4 nitrogen and oxygen atoms in total. The highest BCUT2D eigenvalue weighted by Gasteiger charge is 2.25. The lowest BCUT2D eigenvalue weighted by Crippen LogP contribution is -2.39. The molecule has 0 aromatic carbocycles. The molecule has 0 bridgehead atoms. The smallest absolute Gasteiger partial charge is 0.297 e. The average molecular weight is 279 g/mol.